The molecule has 1 aliphatic rings. The quantitative estimate of drug-likeness (QED) is 0.600. The first kappa shape index (κ1) is 11.0. The molecule has 0 fully saturated rings. The highest BCUT2D eigenvalue weighted by Crippen LogP contribution is 2.40. The number of esters is 1. The van der Waals surface area contributed by atoms with Crippen molar-refractivity contribution < 1.29 is 9.53 Å². The van der Waals surface area contributed by atoms with Crippen molar-refractivity contribution in [1.82, 2.24) is 0 Å². The molecule has 2 nitrogen and oxygen atoms in total. The number of carbonyl (C=O) groups excluding carboxylic acids is 1. The summed E-state index contributed by atoms with van der Waals surface area (Å²) in [6.45, 7) is 6.15. The van der Waals surface area contributed by atoms with E-state index in [1.165, 1.54) is 7.11 Å². The molecule has 0 bridgehead atoms. The average Bonchev–Trinajstić information content (AvgIpc) is 2.15. The fraction of sp³-hybridized carbons (Fsp3) is 0.583. The van der Waals surface area contributed by atoms with E-state index in [1.807, 2.05) is 19.1 Å². The minimum Gasteiger partial charge on any atom is -0.469 e. The molecule has 1 atom stereocenters. The van der Waals surface area contributed by atoms with Crippen LogP contribution in [0.2, 0.25) is 0 Å². The Balaban J connectivity index is 3.06. The van der Waals surface area contributed by atoms with E-state index in [0.717, 1.165) is 12.0 Å². The van der Waals surface area contributed by atoms with Gasteiger partial charge < -0.3 is 4.74 Å². The molecule has 0 N–H and O–H groups in total. The van der Waals surface area contributed by atoms with Crippen LogP contribution in [-0.4, -0.2) is 13.1 Å². The predicted molar refractivity (Wildman–Crippen MR) is 56.8 cm³/mol. The zero-order chi connectivity index (χ0) is 10.8. The molecule has 1 unspecified atom stereocenters. The number of methoxy groups -OCH3 is 1. The maximum atomic E-state index is 11.7. The summed E-state index contributed by atoms with van der Waals surface area (Å²) in [5.41, 5.74) is 1.03. The van der Waals surface area contributed by atoms with E-state index in [1.54, 1.807) is 0 Å². The van der Waals surface area contributed by atoms with Gasteiger partial charge in [-0.1, -0.05) is 32.1 Å². The third-order valence-corrected chi connectivity index (χ3v) is 2.84. The lowest BCUT2D eigenvalue weighted by molar-refractivity contribution is -0.147. The van der Waals surface area contributed by atoms with Gasteiger partial charge in [0.2, 0.25) is 0 Å². The van der Waals surface area contributed by atoms with Gasteiger partial charge in [-0.05, 0) is 24.3 Å². The number of carbonyl (C=O) groups is 1. The van der Waals surface area contributed by atoms with Crippen LogP contribution in [0.15, 0.2) is 23.8 Å². The second-order valence-electron chi connectivity index (χ2n) is 4.34. The van der Waals surface area contributed by atoms with Gasteiger partial charge in [-0.25, -0.2) is 0 Å². The summed E-state index contributed by atoms with van der Waals surface area (Å²) in [5, 5.41) is 0. The summed E-state index contributed by atoms with van der Waals surface area (Å²) in [7, 11) is 1.45. The van der Waals surface area contributed by atoms with Crippen molar-refractivity contribution in [2.45, 2.75) is 27.2 Å². The summed E-state index contributed by atoms with van der Waals surface area (Å²) in [6.07, 6.45) is 7.05. The van der Waals surface area contributed by atoms with Gasteiger partial charge in [0.25, 0.3) is 0 Å². The first-order chi connectivity index (χ1) is 6.53. The van der Waals surface area contributed by atoms with Gasteiger partial charge in [0, 0.05) is 0 Å². The molecule has 0 saturated heterocycles. The van der Waals surface area contributed by atoms with Crippen molar-refractivity contribution >= 4 is 5.97 Å². The Kier molecular flexibility index (Phi) is 3.14. The third kappa shape index (κ3) is 1.89. The first-order valence-corrected chi connectivity index (χ1v) is 4.93. The van der Waals surface area contributed by atoms with E-state index in [0.29, 0.717) is 0 Å². The molecule has 1 rings (SSSR count). The molecule has 78 valence electrons. The third-order valence-electron chi connectivity index (χ3n) is 2.84. The van der Waals surface area contributed by atoms with E-state index < -0.39 is 0 Å². The summed E-state index contributed by atoms with van der Waals surface area (Å²) >= 11 is 0. The fourth-order valence-corrected chi connectivity index (χ4v) is 2.00. The highest BCUT2D eigenvalue weighted by atomic mass is 16.5. The molecule has 0 spiro atoms. The van der Waals surface area contributed by atoms with Gasteiger partial charge in [-0.2, -0.15) is 0 Å². The van der Waals surface area contributed by atoms with Gasteiger partial charge in [0.15, 0.2) is 0 Å². The van der Waals surface area contributed by atoms with Crippen LogP contribution in [0.1, 0.15) is 27.2 Å². The molecule has 0 aromatic carbocycles. The molecule has 0 saturated carbocycles. The molecule has 0 aromatic rings. The number of hydrogen-bond acceptors (Lipinski definition) is 2. The van der Waals surface area contributed by atoms with Crippen molar-refractivity contribution in [1.29, 1.82) is 0 Å². The maximum absolute atomic E-state index is 11.7. The van der Waals surface area contributed by atoms with Crippen LogP contribution >= 0.6 is 0 Å². The smallest absolute Gasteiger partial charge is 0.313 e. The number of allylic oxidation sites excluding steroid dienone is 3. The Hall–Kier alpha value is -1.05. The monoisotopic (exact) mass is 194 g/mol. The largest absolute Gasteiger partial charge is 0.469 e. The minimum absolute atomic E-state index is 0.0380. The van der Waals surface area contributed by atoms with Crippen molar-refractivity contribution in [3.8, 4) is 0 Å². The van der Waals surface area contributed by atoms with E-state index >= 15 is 0 Å². The Bertz CT molecular complexity index is 285. The first-order valence-electron chi connectivity index (χ1n) is 4.93. The minimum atomic E-state index is -0.132. The highest BCUT2D eigenvalue weighted by Gasteiger charge is 2.38. The van der Waals surface area contributed by atoms with E-state index in [2.05, 4.69) is 19.9 Å². The van der Waals surface area contributed by atoms with Crippen LogP contribution in [-0.2, 0) is 9.53 Å². The van der Waals surface area contributed by atoms with Crippen LogP contribution in [0.3, 0.4) is 0 Å². The van der Waals surface area contributed by atoms with Gasteiger partial charge >= 0.3 is 5.97 Å². The molecule has 0 amide bonds. The lowest BCUT2D eigenvalue weighted by Crippen LogP contribution is -2.34. The van der Waals surface area contributed by atoms with E-state index in [-0.39, 0.29) is 17.3 Å². The van der Waals surface area contributed by atoms with E-state index in [4.69, 9.17) is 4.74 Å². The summed E-state index contributed by atoms with van der Waals surface area (Å²) in [4.78, 5) is 11.7. The standard InChI is InChI=1S/C12H18O2/c1-5-9-7-6-8-12(2,3)10(9)11(13)14-4/h5-7,10H,8H2,1-4H3. The molecule has 1 aliphatic carbocycles. The summed E-state index contributed by atoms with van der Waals surface area (Å²) in [5.74, 6) is -0.255. The van der Waals surface area contributed by atoms with Crippen LogP contribution in [0, 0.1) is 11.3 Å². The second-order valence-corrected chi connectivity index (χ2v) is 4.34. The van der Waals surface area contributed by atoms with Crippen LogP contribution < -0.4 is 0 Å². The van der Waals surface area contributed by atoms with E-state index in [9.17, 15) is 4.79 Å². The molecule has 14 heavy (non-hydrogen) atoms. The maximum Gasteiger partial charge on any atom is 0.313 e. The predicted octanol–water partition coefficient (Wildman–Crippen LogP) is 2.71. The molecule has 0 heterocycles. The fourth-order valence-electron chi connectivity index (χ4n) is 2.00. The van der Waals surface area contributed by atoms with Gasteiger partial charge in [0.05, 0.1) is 13.0 Å². The van der Waals surface area contributed by atoms with Gasteiger partial charge in [-0.15, -0.1) is 0 Å². The van der Waals surface area contributed by atoms with Crippen LogP contribution in [0.4, 0.5) is 0 Å². The zero-order valence-corrected chi connectivity index (χ0v) is 9.33. The molecule has 0 radical (unpaired) electrons. The second kappa shape index (κ2) is 3.99. The zero-order valence-electron chi connectivity index (χ0n) is 9.33. The summed E-state index contributed by atoms with van der Waals surface area (Å²) in [6, 6.07) is 0. The number of hydrogen-bond donors (Lipinski definition) is 0. The molecule has 2 heteroatoms. The van der Waals surface area contributed by atoms with Crippen molar-refractivity contribution in [3.63, 3.8) is 0 Å². The SMILES string of the molecule is CC=C1C=CCC(C)(C)C1C(=O)OC. The summed E-state index contributed by atoms with van der Waals surface area (Å²) < 4.78 is 4.84. The topological polar surface area (TPSA) is 26.3 Å². The Morgan fingerprint density at radius 2 is 2.29 bits per heavy atom. The van der Waals surface area contributed by atoms with Gasteiger partial charge in [0.1, 0.15) is 0 Å². The average molecular weight is 194 g/mol. The van der Waals surface area contributed by atoms with Gasteiger partial charge in [-0.3, -0.25) is 4.79 Å². The van der Waals surface area contributed by atoms with Crippen LogP contribution in [0.5, 0.6) is 0 Å². The Labute approximate surface area is 85.6 Å². The van der Waals surface area contributed by atoms with Crippen LogP contribution in [0.25, 0.3) is 0 Å². The highest BCUT2D eigenvalue weighted by molar-refractivity contribution is 5.78. The molecule has 0 aliphatic heterocycles. The number of rotatable bonds is 1. The normalized spacial score (nSPS) is 27.7. The lowest BCUT2D eigenvalue weighted by Gasteiger charge is -2.35. The Morgan fingerprint density at radius 1 is 1.64 bits per heavy atom. The van der Waals surface area contributed by atoms with Crippen molar-refractivity contribution in [2.24, 2.45) is 11.3 Å². The van der Waals surface area contributed by atoms with Crippen molar-refractivity contribution in [2.75, 3.05) is 7.11 Å². The molecular formula is C12H18O2. The Morgan fingerprint density at radius 3 is 2.79 bits per heavy atom. The number of ether oxygens (including phenoxy) is 1. The molecular weight excluding hydrogens is 176 g/mol. The lowest BCUT2D eigenvalue weighted by atomic mass is 9.69. The van der Waals surface area contributed by atoms with Crippen molar-refractivity contribution in [3.05, 3.63) is 23.8 Å². The molecule has 0 aromatic heterocycles.